The summed E-state index contributed by atoms with van der Waals surface area (Å²) in [6.07, 6.45) is 0. The second-order valence-electron chi connectivity index (χ2n) is 3.81. The average molecular weight is 273 g/mol. The van der Waals surface area contributed by atoms with Gasteiger partial charge in [0.25, 0.3) is 0 Å². The minimum Gasteiger partial charge on any atom is -0.508 e. The number of nitrogens with one attached hydrogen (secondary N) is 1. The summed E-state index contributed by atoms with van der Waals surface area (Å²) in [5, 5.41) is 8.14. The van der Waals surface area contributed by atoms with E-state index in [2.05, 4.69) is 9.46 Å². The molecule has 0 saturated heterocycles. The van der Waals surface area contributed by atoms with Gasteiger partial charge in [0, 0.05) is 6.07 Å². The van der Waals surface area contributed by atoms with Crippen LogP contribution in [0.1, 0.15) is 12.5 Å². The number of aromatic hydroxyl groups is 1. The summed E-state index contributed by atoms with van der Waals surface area (Å²) in [4.78, 5) is 11.2. The molecule has 0 aliphatic heterocycles. The van der Waals surface area contributed by atoms with Crippen LogP contribution in [0.5, 0.6) is 5.75 Å². The van der Waals surface area contributed by atoms with E-state index in [-0.39, 0.29) is 11.4 Å². The molecule has 1 atom stereocenters. The zero-order chi connectivity index (χ0) is 13.9. The topological polar surface area (TPSA) is 92.7 Å². The van der Waals surface area contributed by atoms with Gasteiger partial charge in [-0.05, 0) is 25.5 Å². The van der Waals surface area contributed by atoms with E-state index < -0.39 is 21.2 Å². The van der Waals surface area contributed by atoms with Crippen molar-refractivity contribution in [1.29, 1.82) is 0 Å². The molecule has 0 aliphatic carbocycles. The van der Waals surface area contributed by atoms with Crippen molar-refractivity contribution in [2.75, 3.05) is 11.8 Å². The molecule has 1 rings (SSSR count). The highest BCUT2D eigenvalue weighted by Crippen LogP contribution is 2.22. The maximum absolute atomic E-state index is 11.8. The SMILES string of the molecule is COC(=O)C(C)S(=O)(=O)Nc1ccc(C)c(O)c1. The quantitative estimate of drug-likeness (QED) is 0.798. The summed E-state index contributed by atoms with van der Waals surface area (Å²) in [6.45, 7) is 2.91. The number of methoxy groups -OCH3 is 1. The van der Waals surface area contributed by atoms with E-state index >= 15 is 0 Å². The fourth-order valence-electron chi connectivity index (χ4n) is 1.22. The molecule has 1 aromatic carbocycles. The van der Waals surface area contributed by atoms with Gasteiger partial charge >= 0.3 is 5.97 Å². The van der Waals surface area contributed by atoms with Gasteiger partial charge in [-0.25, -0.2) is 8.42 Å². The van der Waals surface area contributed by atoms with Crippen LogP contribution in [0.15, 0.2) is 18.2 Å². The maximum Gasteiger partial charge on any atom is 0.325 e. The van der Waals surface area contributed by atoms with Crippen LogP contribution in [0.3, 0.4) is 0 Å². The molecule has 0 amide bonds. The monoisotopic (exact) mass is 273 g/mol. The number of anilines is 1. The van der Waals surface area contributed by atoms with Crippen LogP contribution in [-0.4, -0.2) is 31.9 Å². The molecule has 0 radical (unpaired) electrons. The minimum absolute atomic E-state index is 0.0269. The van der Waals surface area contributed by atoms with Crippen molar-refractivity contribution in [2.45, 2.75) is 19.1 Å². The number of rotatable bonds is 4. The van der Waals surface area contributed by atoms with E-state index in [9.17, 15) is 18.3 Å². The molecular formula is C11H15NO5S. The number of esters is 1. The predicted octanol–water partition coefficient (Wildman–Crippen LogP) is 1.00. The number of phenols is 1. The lowest BCUT2D eigenvalue weighted by Gasteiger charge is -2.13. The third-order valence-electron chi connectivity index (χ3n) is 2.47. The first kappa shape index (κ1) is 14.3. The van der Waals surface area contributed by atoms with Gasteiger partial charge < -0.3 is 9.84 Å². The van der Waals surface area contributed by atoms with Crippen molar-refractivity contribution in [2.24, 2.45) is 0 Å². The Kier molecular flexibility index (Phi) is 4.18. The number of hydrogen-bond acceptors (Lipinski definition) is 5. The van der Waals surface area contributed by atoms with Gasteiger partial charge in [0.15, 0.2) is 5.25 Å². The average Bonchev–Trinajstić information content (AvgIpc) is 2.31. The van der Waals surface area contributed by atoms with Crippen LogP contribution in [-0.2, 0) is 19.6 Å². The van der Waals surface area contributed by atoms with E-state index in [1.54, 1.807) is 13.0 Å². The predicted molar refractivity (Wildman–Crippen MR) is 66.9 cm³/mol. The second-order valence-corrected chi connectivity index (χ2v) is 5.81. The third-order valence-corrected chi connectivity index (χ3v) is 4.11. The van der Waals surface area contributed by atoms with E-state index in [1.165, 1.54) is 19.1 Å². The molecule has 0 spiro atoms. The lowest BCUT2D eigenvalue weighted by Crippen LogP contribution is -2.33. The molecule has 0 aliphatic rings. The van der Waals surface area contributed by atoms with Crippen LogP contribution in [0.4, 0.5) is 5.69 Å². The van der Waals surface area contributed by atoms with Crippen LogP contribution < -0.4 is 4.72 Å². The molecule has 0 bridgehead atoms. The van der Waals surface area contributed by atoms with Crippen LogP contribution >= 0.6 is 0 Å². The summed E-state index contributed by atoms with van der Waals surface area (Å²) in [5.41, 5.74) is 0.813. The Morgan fingerprint density at radius 3 is 2.56 bits per heavy atom. The number of aryl methyl sites for hydroxylation is 1. The molecule has 1 unspecified atom stereocenters. The molecule has 0 aromatic heterocycles. The second kappa shape index (κ2) is 5.26. The minimum atomic E-state index is -3.89. The molecule has 18 heavy (non-hydrogen) atoms. The standard InChI is InChI=1S/C11H15NO5S/c1-7-4-5-9(6-10(7)13)12-18(15,16)8(2)11(14)17-3/h4-6,8,12-13H,1-3H3. The van der Waals surface area contributed by atoms with E-state index in [4.69, 9.17) is 0 Å². The van der Waals surface area contributed by atoms with Gasteiger partial charge in [-0.15, -0.1) is 0 Å². The van der Waals surface area contributed by atoms with E-state index in [0.29, 0.717) is 5.56 Å². The van der Waals surface area contributed by atoms with Gasteiger partial charge in [-0.2, -0.15) is 0 Å². The van der Waals surface area contributed by atoms with Crippen molar-refractivity contribution >= 4 is 21.7 Å². The van der Waals surface area contributed by atoms with Gasteiger partial charge in [-0.3, -0.25) is 9.52 Å². The lowest BCUT2D eigenvalue weighted by molar-refractivity contribution is -0.139. The summed E-state index contributed by atoms with van der Waals surface area (Å²) in [6, 6.07) is 4.34. The Balaban J connectivity index is 2.95. The Bertz CT molecular complexity index is 553. The van der Waals surface area contributed by atoms with Crippen LogP contribution in [0.25, 0.3) is 0 Å². The van der Waals surface area contributed by atoms with Gasteiger partial charge in [-0.1, -0.05) is 6.07 Å². The molecule has 100 valence electrons. The molecule has 6 nitrogen and oxygen atoms in total. The molecule has 1 aromatic rings. The highest BCUT2D eigenvalue weighted by molar-refractivity contribution is 7.94. The highest BCUT2D eigenvalue weighted by atomic mass is 32.2. The van der Waals surface area contributed by atoms with Crippen molar-refractivity contribution in [3.63, 3.8) is 0 Å². The number of phenolic OH excluding ortho intramolecular Hbond substituents is 1. The maximum atomic E-state index is 11.8. The number of ether oxygens (including phenoxy) is 1. The van der Waals surface area contributed by atoms with Crippen molar-refractivity contribution in [3.05, 3.63) is 23.8 Å². The van der Waals surface area contributed by atoms with Crippen LogP contribution in [0.2, 0.25) is 0 Å². The first-order chi connectivity index (χ1) is 8.27. The fraction of sp³-hybridized carbons (Fsp3) is 0.364. The van der Waals surface area contributed by atoms with Crippen LogP contribution in [0, 0.1) is 6.92 Å². The Hall–Kier alpha value is -1.76. The molecule has 0 heterocycles. The Labute approximate surface area is 106 Å². The summed E-state index contributed by atoms with van der Waals surface area (Å²) in [7, 11) is -2.77. The smallest absolute Gasteiger partial charge is 0.325 e. The third kappa shape index (κ3) is 3.13. The van der Waals surface area contributed by atoms with Gasteiger partial charge in [0.2, 0.25) is 10.0 Å². The fourth-order valence-corrected chi connectivity index (χ4v) is 2.20. The van der Waals surface area contributed by atoms with Gasteiger partial charge in [0.05, 0.1) is 12.8 Å². The molecule has 2 N–H and O–H groups in total. The van der Waals surface area contributed by atoms with Gasteiger partial charge in [0.1, 0.15) is 5.75 Å². The molecule has 0 fully saturated rings. The Morgan fingerprint density at radius 2 is 2.06 bits per heavy atom. The van der Waals surface area contributed by atoms with E-state index in [1.807, 2.05) is 0 Å². The highest BCUT2D eigenvalue weighted by Gasteiger charge is 2.28. The number of sulfonamides is 1. The van der Waals surface area contributed by atoms with Crippen molar-refractivity contribution < 1.29 is 23.1 Å². The molecule has 0 saturated carbocycles. The Morgan fingerprint density at radius 1 is 1.44 bits per heavy atom. The zero-order valence-electron chi connectivity index (χ0n) is 10.3. The lowest BCUT2D eigenvalue weighted by atomic mass is 10.2. The van der Waals surface area contributed by atoms with Crippen molar-refractivity contribution in [1.82, 2.24) is 0 Å². The number of carbonyl (C=O) groups is 1. The summed E-state index contributed by atoms with van der Waals surface area (Å²) in [5.74, 6) is -0.875. The number of hydrogen-bond donors (Lipinski definition) is 2. The molecule has 7 heteroatoms. The van der Waals surface area contributed by atoms with Crippen molar-refractivity contribution in [3.8, 4) is 5.75 Å². The number of benzene rings is 1. The number of carbonyl (C=O) groups excluding carboxylic acids is 1. The first-order valence-corrected chi connectivity index (χ1v) is 6.71. The largest absolute Gasteiger partial charge is 0.508 e. The summed E-state index contributed by atoms with van der Waals surface area (Å²) < 4.78 is 30.2. The summed E-state index contributed by atoms with van der Waals surface area (Å²) >= 11 is 0. The molecular weight excluding hydrogens is 258 g/mol. The first-order valence-electron chi connectivity index (χ1n) is 5.17. The zero-order valence-corrected chi connectivity index (χ0v) is 11.1. The van der Waals surface area contributed by atoms with E-state index in [0.717, 1.165) is 7.11 Å². The normalized spacial score (nSPS) is 12.8.